The van der Waals surface area contributed by atoms with E-state index in [9.17, 15) is 14.3 Å². The zero-order chi connectivity index (χ0) is 25.9. The Morgan fingerprint density at radius 1 is 1.08 bits per heavy atom. The summed E-state index contributed by atoms with van der Waals surface area (Å²) in [6, 6.07) is 18.7. The normalized spacial score (nSPS) is 14.1. The zero-order valence-corrected chi connectivity index (χ0v) is 20.6. The number of nitriles is 1. The third-order valence-electron chi connectivity index (χ3n) is 6.40. The summed E-state index contributed by atoms with van der Waals surface area (Å²) in [5, 5.41) is 19.4. The van der Waals surface area contributed by atoms with Gasteiger partial charge >= 0.3 is 0 Å². The van der Waals surface area contributed by atoms with E-state index in [0.717, 1.165) is 22.4 Å². The number of imidazole rings is 1. The second-order valence-corrected chi connectivity index (χ2v) is 9.34. The highest BCUT2D eigenvalue weighted by atomic mass is 35.5. The number of benzene rings is 3. The number of carbonyl (C=O) groups excluding carboxylic acids is 1. The zero-order valence-electron chi connectivity index (χ0n) is 19.8. The van der Waals surface area contributed by atoms with Crippen molar-refractivity contribution >= 4 is 23.2 Å². The Balaban J connectivity index is 1.30. The molecule has 9 heteroatoms. The molecule has 0 unspecified atom stereocenters. The highest BCUT2D eigenvalue weighted by molar-refractivity contribution is 6.31. The minimum atomic E-state index is -0.547. The Kier molecular flexibility index (Phi) is 6.91. The number of anilines is 1. The summed E-state index contributed by atoms with van der Waals surface area (Å²) in [7, 11) is 0. The fourth-order valence-corrected chi connectivity index (χ4v) is 4.72. The Hall–Kier alpha value is -4.19. The van der Waals surface area contributed by atoms with Gasteiger partial charge in [-0.15, -0.1) is 0 Å². The van der Waals surface area contributed by atoms with Gasteiger partial charge in [0.1, 0.15) is 17.6 Å². The number of hydrogen-bond acceptors (Lipinski definition) is 5. The molecule has 0 atom stereocenters. The molecule has 37 heavy (non-hydrogen) atoms. The molecule has 4 aromatic rings. The van der Waals surface area contributed by atoms with E-state index in [0.29, 0.717) is 36.9 Å². The number of aromatic nitrogens is 2. The number of halogens is 2. The quantitative estimate of drug-likeness (QED) is 0.398. The first kappa shape index (κ1) is 24.5. The van der Waals surface area contributed by atoms with Crippen molar-refractivity contribution in [2.75, 3.05) is 24.5 Å². The first-order valence-electron chi connectivity index (χ1n) is 11.7. The lowest BCUT2D eigenvalue weighted by atomic mass is 10.0. The van der Waals surface area contributed by atoms with Crippen molar-refractivity contribution in [1.82, 2.24) is 14.5 Å². The summed E-state index contributed by atoms with van der Waals surface area (Å²) in [6.07, 6.45) is 3.42. The van der Waals surface area contributed by atoms with Gasteiger partial charge in [-0.3, -0.25) is 9.69 Å². The van der Waals surface area contributed by atoms with Crippen LogP contribution >= 0.6 is 11.6 Å². The van der Waals surface area contributed by atoms with Crippen LogP contribution in [0, 0.1) is 17.1 Å². The summed E-state index contributed by atoms with van der Waals surface area (Å²) < 4.78 is 15.9. The molecule has 1 aliphatic rings. The number of phenols is 1. The van der Waals surface area contributed by atoms with Gasteiger partial charge in [0.25, 0.3) is 0 Å². The standard InChI is InChI=1S/C28H23ClFN5O2/c29-22-6-7-25(20-2-1-3-24(36)11-20)27(12-22)35-9-8-33(17-28(35)37)16-23-14-32-18-34(23)15-19-4-5-21(13-31)26(30)10-19/h1-7,10-12,14,18,36H,8-9,15-17H2. The van der Waals surface area contributed by atoms with Gasteiger partial charge in [-0.2, -0.15) is 5.26 Å². The van der Waals surface area contributed by atoms with Crippen molar-refractivity contribution in [3.63, 3.8) is 0 Å². The molecule has 1 fully saturated rings. The van der Waals surface area contributed by atoms with Gasteiger partial charge in [-0.25, -0.2) is 9.37 Å². The maximum Gasteiger partial charge on any atom is 0.241 e. The molecule has 1 N–H and O–H groups in total. The summed E-state index contributed by atoms with van der Waals surface area (Å²) in [6.45, 7) is 2.23. The first-order chi connectivity index (χ1) is 17.9. The molecule has 5 rings (SSSR count). The molecule has 1 saturated heterocycles. The fraction of sp³-hybridized carbons (Fsp3) is 0.179. The Bertz CT molecular complexity index is 1510. The number of phenolic OH excluding ortho intramolecular Hbond substituents is 1. The second kappa shape index (κ2) is 10.4. The maximum absolute atomic E-state index is 14.0. The molecule has 1 amide bonds. The number of carbonyl (C=O) groups is 1. The predicted octanol–water partition coefficient (Wildman–Crippen LogP) is 4.82. The van der Waals surface area contributed by atoms with Crippen LogP contribution in [0.25, 0.3) is 11.1 Å². The van der Waals surface area contributed by atoms with Gasteiger partial charge < -0.3 is 14.6 Å². The van der Waals surface area contributed by atoms with Crippen molar-refractivity contribution in [3.8, 4) is 22.9 Å². The number of rotatable bonds is 6. The van der Waals surface area contributed by atoms with Crippen LogP contribution in [-0.2, 0) is 17.9 Å². The third kappa shape index (κ3) is 5.33. The van der Waals surface area contributed by atoms with Gasteiger partial charge in [-0.1, -0.05) is 35.9 Å². The van der Waals surface area contributed by atoms with Crippen molar-refractivity contribution in [2.45, 2.75) is 13.1 Å². The lowest BCUT2D eigenvalue weighted by molar-refractivity contribution is -0.121. The SMILES string of the molecule is N#Cc1ccc(Cn2cncc2CN2CCN(c3cc(Cl)ccc3-c3cccc(O)c3)C(=O)C2)cc1F. The fourth-order valence-electron chi connectivity index (χ4n) is 4.55. The van der Waals surface area contributed by atoms with Gasteiger partial charge in [0.2, 0.25) is 5.91 Å². The van der Waals surface area contributed by atoms with E-state index in [-0.39, 0.29) is 23.8 Å². The summed E-state index contributed by atoms with van der Waals surface area (Å²) in [5.41, 5.74) is 3.94. The van der Waals surface area contributed by atoms with E-state index in [1.807, 2.05) is 27.7 Å². The highest BCUT2D eigenvalue weighted by Crippen LogP contribution is 2.35. The molecule has 7 nitrogen and oxygen atoms in total. The molecule has 0 aliphatic carbocycles. The molecular weight excluding hydrogens is 493 g/mol. The van der Waals surface area contributed by atoms with Crippen LogP contribution in [-0.4, -0.2) is 45.1 Å². The van der Waals surface area contributed by atoms with E-state index >= 15 is 0 Å². The number of amides is 1. The molecule has 0 radical (unpaired) electrons. The monoisotopic (exact) mass is 515 g/mol. The predicted molar refractivity (Wildman–Crippen MR) is 139 cm³/mol. The van der Waals surface area contributed by atoms with Crippen molar-refractivity contribution in [2.24, 2.45) is 0 Å². The summed E-state index contributed by atoms with van der Waals surface area (Å²) >= 11 is 6.29. The first-order valence-corrected chi connectivity index (χ1v) is 12.1. The van der Waals surface area contributed by atoms with Crippen LogP contribution in [0.2, 0.25) is 5.02 Å². The molecular formula is C28H23ClFN5O2. The van der Waals surface area contributed by atoms with E-state index in [2.05, 4.69) is 4.98 Å². The van der Waals surface area contributed by atoms with Crippen LogP contribution in [0.3, 0.4) is 0 Å². The van der Waals surface area contributed by atoms with Crippen molar-refractivity contribution in [3.05, 3.63) is 101 Å². The Labute approximate surface area is 218 Å². The smallest absolute Gasteiger partial charge is 0.241 e. The Morgan fingerprint density at radius 3 is 2.70 bits per heavy atom. The largest absolute Gasteiger partial charge is 0.508 e. The number of hydrogen-bond donors (Lipinski definition) is 1. The Morgan fingerprint density at radius 2 is 1.95 bits per heavy atom. The van der Waals surface area contributed by atoms with E-state index in [1.165, 1.54) is 12.1 Å². The average Bonchev–Trinajstić information content (AvgIpc) is 3.30. The lowest BCUT2D eigenvalue weighted by Gasteiger charge is -2.35. The molecule has 2 heterocycles. The van der Waals surface area contributed by atoms with E-state index in [1.54, 1.807) is 53.8 Å². The number of piperazine rings is 1. The molecule has 186 valence electrons. The lowest BCUT2D eigenvalue weighted by Crippen LogP contribution is -2.50. The highest BCUT2D eigenvalue weighted by Gasteiger charge is 2.28. The van der Waals surface area contributed by atoms with Crippen LogP contribution in [0.5, 0.6) is 5.75 Å². The third-order valence-corrected chi connectivity index (χ3v) is 6.63. The van der Waals surface area contributed by atoms with Crippen molar-refractivity contribution < 1.29 is 14.3 Å². The number of aromatic hydroxyl groups is 1. The molecule has 0 bridgehead atoms. The number of nitrogens with zero attached hydrogens (tertiary/aromatic N) is 5. The van der Waals surface area contributed by atoms with E-state index < -0.39 is 5.82 Å². The van der Waals surface area contributed by atoms with Crippen LogP contribution in [0.15, 0.2) is 73.2 Å². The maximum atomic E-state index is 14.0. The second-order valence-electron chi connectivity index (χ2n) is 8.91. The van der Waals surface area contributed by atoms with Crippen LogP contribution in [0.4, 0.5) is 10.1 Å². The molecule has 0 spiro atoms. The molecule has 0 saturated carbocycles. The van der Waals surface area contributed by atoms with Gasteiger partial charge in [-0.05, 0) is 47.5 Å². The molecule has 3 aromatic carbocycles. The average molecular weight is 516 g/mol. The minimum Gasteiger partial charge on any atom is -0.508 e. The van der Waals surface area contributed by atoms with Gasteiger partial charge in [0.05, 0.1) is 29.8 Å². The van der Waals surface area contributed by atoms with Crippen LogP contribution < -0.4 is 4.90 Å². The van der Waals surface area contributed by atoms with Crippen molar-refractivity contribution in [1.29, 1.82) is 5.26 Å². The molecule has 1 aliphatic heterocycles. The minimum absolute atomic E-state index is 0.0120. The summed E-state index contributed by atoms with van der Waals surface area (Å²) in [5.74, 6) is -0.459. The molecule has 1 aromatic heterocycles. The topological polar surface area (TPSA) is 85.4 Å². The van der Waals surface area contributed by atoms with Gasteiger partial charge in [0.15, 0.2) is 0 Å². The van der Waals surface area contributed by atoms with Crippen LogP contribution in [0.1, 0.15) is 16.8 Å². The van der Waals surface area contributed by atoms with Gasteiger partial charge in [0, 0.05) is 43.0 Å². The van der Waals surface area contributed by atoms with E-state index in [4.69, 9.17) is 16.9 Å². The summed E-state index contributed by atoms with van der Waals surface area (Å²) in [4.78, 5) is 21.3.